The number of aryl methyl sites for hydroxylation is 1. The number of rotatable bonds is 6. The average molecular weight is 367 g/mol. The van der Waals surface area contributed by atoms with Gasteiger partial charge in [0.25, 0.3) is 0 Å². The van der Waals surface area contributed by atoms with E-state index < -0.39 is 11.1 Å². The Morgan fingerprint density at radius 2 is 1.93 bits per heavy atom. The molecule has 0 saturated heterocycles. The van der Waals surface area contributed by atoms with Crippen molar-refractivity contribution in [3.05, 3.63) is 74.6 Å². The summed E-state index contributed by atoms with van der Waals surface area (Å²) in [4.78, 5) is 36.9. The van der Waals surface area contributed by atoms with Gasteiger partial charge in [-0.25, -0.2) is 0 Å². The van der Waals surface area contributed by atoms with Crippen molar-refractivity contribution in [2.24, 2.45) is 0 Å². The Morgan fingerprint density at radius 1 is 1.11 bits per heavy atom. The zero-order valence-electron chi connectivity index (χ0n) is 15.6. The lowest BCUT2D eigenvalue weighted by Crippen LogP contribution is -2.42. The zero-order valence-corrected chi connectivity index (χ0v) is 15.6. The van der Waals surface area contributed by atoms with Crippen molar-refractivity contribution < 1.29 is 4.79 Å². The molecule has 6 nitrogen and oxygen atoms in total. The van der Waals surface area contributed by atoms with Gasteiger partial charge in [-0.15, -0.1) is 0 Å². The topological polar surface area (TPSA) is 73.1 Å². The molecule has 0 saturated carbocycles. The number of amides is 1. The Hall–Kier alpha value is -2.89. The monoisotopic (exact) mass is 367 g/mol. The van der Waals surface area contributed by atoms with E-state index in [9.17, 15) is 14.4 Å². The predicted octanol–water partition coefficient (Wildman–Crippen LogP) is 2.31. The Bertz CT molecular complexity index is 969. The van der Waals surface area contributed by atoms with Crippen LogP contribution in [0.3, 0.4) is 0 Å². The van der Waals surface area contributed by atoms with Gasteiger partial charge in [0.1, 0.15) is 6.54 Å². The standard InChI is InChI=1S/C21H25N3O3/c1-16-7-5-6-10-18(16)24-14-13-23(20(26)21(24)27)15-19(25)22-12-11-17-8-3-2-4-9-17/h5-8,10,13-14H,2-4,9,11-12,15H2,1H3,(H,22,25). The molecule has 0 bridgehead atoms. The molecule has 0 aliphatic heterocycles. The number of nitrogens with one attached hydrogen (secondary N) is 1. The van der Waals surface area contributed by atoms with Crippen LogP contribution in [0.2, 0.25) is 0 Å². The first-order valence-corrected chi connectivity index (χ1v) is 9.39. The molecule has 1 amide bonds. The average Bonchev–Trinajstić information content (AvgIpc) is 2.67. The molecule has 6 heteroatoms. The summed E-state index contributed by atoms with van der Waals surface area (Å²) in [5, 5.41) is 2.83. The van der Waals surface area contributed by atoms with Crippen LogP contribution in [0, 0.1) is 6.92 Å². The summed E-state index contributed by atoms with van der Waals surface area (Å²) in [6.07, 6.45) is 10.8. The molecule has 2 aromatic rings. The number of carbonyl (C=O) groups excluding carboxylic acids is 1. The number of nitrogens with zero attached hydrogens (tertiary/aromatic N) is 2. The zero-order chi connectivity index (χ0) is 19.2. The van der Waals surface area contributed by atoms with Gasteiger partial charge in [0.05, 0.1) is 5.69 Å². The fourth-order valence-electron chi connectivity index (χ4n) is 3.36. The number of para-hydroxylation sites is 1. The van der Waals surface area contributed by atoms with Crippen LogP contribution < -0.4 is 16.4 Å². The highest BCUT2D eigenvalue weighted by Crippen LogP contribution is 2.19. The first-order valence-electron chi connectivity index (χ1n) is 9.39. The third-order valence-electron chi connectivity index (χ3n) is 4.90. The van der Waals surface area contributed by atoms with Crippen LogP contribution in [0.1, 0.15) is 37.7 Å². The molecule has 1 aromatic heterocycles. The normalized spacial score (nSPS) is 13.9. The molecule has 0 atom stereocenters. The second-order valence-corrected chi connectivity index (χ2v) is 6.90. The fraction of sp³-hybridized carbons (Fsp3) is 0.381. The van der Waals surface area contributed by atoms with E-state index in [0.717, 1.165) is 29.4 Å². The van der Waals surface area contributed by atoms with Crippen LogP contribution in [-0.4, -0.2) is 21.6 Å². The van der Waals surface area contributed by atoms with Gasteiger partial charge in [-0.1, -0.05) is 29.8 Å². The highest BCUT2D eigenvalue weighted by molar-refractivity contribution is 5.75. The minimum Gasteiger partial charge on any atom is -0.354 e. The van der Waals surface area contributed by atoms with E-state index in [1.54, 1.807) is 6.07 Å². The van der Waals surface area contributed by atoms with Crippen LogP contribution in [-0.2, 0) is 11.3 Å². The first kappa shape index (κ1) is 18.9. The maximum atomic E-state index is 12.4. The summed E-state index contributed by atoms with van der Waals surface area (Å²) in [6, 6.07) is 7.35. The molecule has 3 rings (SSSR count). The summed E-state index contributed by atoms with van der Waals surface area (Å²) in [5.74, 6) is -0.262. The Labute approximate surface area is 158 Å². The minimum absolute atomic E-state index is 0.151. The summed E-state index contributed by atoms with van der Waals surface area (Å²) >= 11 is 0. The lowest BCUT2D eigenvalue weighted by atomic mass is 9.97. The number of allylic oxidation sites excluding steroid dienone is 1. The van der Waals surface area contributed by atoms with Crippen molar-refractivity contribution in [2.45, 2.75) is 45.6 Å². The van der Waals surface area contributed by atoms with Crippen molar-refractivity contribution in [3.8, 4) is 5.69 Å². The van der Waals surface area contributed by atoms with Gasteiger partial charge in [0.15, 0.2) is 0 Å². The maximum absolute atomic E-state index is 12.4. The molecule has 0 unspecified atom stereocenters. The summed E-state index contributed by atoms with van der Waals surface area (Å²) in [6.45, 7) is 2.28. The number of aromatic nitrogens is 2. The van der Waals surface area contributed by atoms with E-state index in [2.05, 4.69) is 11.4 Å². The highest BCUT2D eigenvalue weighted by Gasteiger charge is 2.11. The van der Waals surface area contributed by atoms with E-state index in [4.69, 9.17) is 0 Å². The van der Waals surface area contributed by atoms with Crippen molar-refractivity contribution >= 4 is 5.91 Å². The van der Waals surface area contributed by atoms with Gasteiger partial charge in [-0.2, -0.15) is 0 Å². The third kappa shape index (κ3) is 4.64. The van der Waals surface area contributed by atoms with Gasteiger partial charge in [-0.3, -0.25) is 23.5 Å². The van der Waals surface area contributed by atoms with Crippen LogP contribution in [0.25, 0.3) is 5.69 Å². The third-order valence-corrected chi connectivity index (χ3v) is 4.90. The van der Waals surface area contributed by atoms with Crippen molar-refractivity contribution in [3.63, 3.8) is 0 Å². The summed E-state index contributed by atoms with van der Waals surface area (Å²) in [5.41, 5.74) is 1.58. The Balaban J connectivity index is 1.65. The van der Waals surface area contributed by atoms with Crippen molar-refractivity contribution in [1.82, 2.24) is 14.5 Å². The number of benzene rings is 1. The van der Waals surface area contributed by atoms with Crippen molar-refractivity contribution in [2.75, 3.05) is 6.54 Å². The molecule has 1 N–H and O–H groups in total. The maximum Gasteiger partial charge on any atom is 0.320 e. The molecule has 1 aliphatic rings. The van der Waals surface area contributed by atoms with E-state index in [1.165, 1.54) is 35.4 Å². The number of hydrogen-bond donors (Lipinski definition) is 1. The Morgan fingerprint density at radius 3 is 2.67 bits per heavy atom. The highest BCUT2D eigenvalue weighted by atomic mass is 16.2. The number of carbonyl (C=O) groups is 1. The second-order valence-electron chi connectivity index (χ2n) is 6.90. The quantitative estimate of drug-likeness (QED) is 0.629. The second kappa shape index (κ2) is 8.66. The minimum atomic E-state index is -0.703. The van der Waals surface area contributed by atoms with Crippen LogP contribution in [0.15, 0.2) is 57.9 Å². The molecule has 0 fully saturated rings. The van der Waals surface area contributed by atoms with E-state index >= 15 is 0 Å². The van der Waals surface area contributed by atoms with Gasteiger partial charge >= 0.3 is 11.1 Å². The van der Waals surface area contributed by atoms with Gasteiger partial charge in [0.2, 0.25) is 5.91 Å². The molecular formula is C21H25N3O3. The van der Waals surface area contributed by atoms with E-state index in [1.807, 2.05) is 25.1 Å². The molecule has 27 heavy (non-hydrogen) atoms. The lowest BCUT2D eigenvalue weighted by molar-refractivity contribution is -0.121. The molecule has 1 aromatic carbocycles. The lowest BCUT2D eigenvalue weighted by Gasteiger charge is -2.13. The summed E-state index contributed by atoms with van der Waals surface area (Å²) in [7, 11) is 0. The molecule has 1 aliphatic carbocycles. The first-order chi connectivity index (χ1) is 13.1. The van der Waals surface area contributed by atoms with Gasteiger partial charge < -0.3 is 5.32 Å². The Kier molecular flexibility index (Phi) is 6.06. The fourth-order valence-corrected chi connectivity index (χ4v) is 3.36. The van der Waals surface area contributed by atoms with Crippen molar-refractivity contribution in [1.29, 1.82) is 0 Å². The predicted molar refractivity (Wildman–Crippen MR) is 105 cm³/mol. The van der Waals surface area contributed by atoms with Gasteiger partial charge in [-0.05, 0) is 50.7 Å². The van der Waals surface area contributed by atoms with Crippen LogP contribution >= 0.6 is 0 Å². The largest absolute Gasteiger partial charge is 0.354 e. The van der Waals surface area contributed by atoms with Gasteiger partial charge in [0, 0.05) is 18.9 Å². The summed E-state index contributed by atoms with van der Waals surface area (Å²) < 4.78 is 2.48. The molecule has 0 radical (unpaired) electrons. The number of hydrogen-bond acceptors (Lipinski definition) is 3. The molecule has 1 heterocycles. The smallest absolute Gasteiger partial charge is 0.320 e. The molecule has 0 spiro atoms. The van der Waals surface area contributed by atoms with E-state index in [0.29, 0.717) is 12.2 Å². The van der Waals surface area contributed by atoms with Crippen LogP contribution in [0.4, 0.5) is 0 Å². The SMILES string of the molecule is Cc1ccccc1-n1ccn(CC(=O)NCCC2=CCCCC2)c(=O)c1=O. The molecular weight excluding hydrogens is 342 g/mol. The van der Waals surface area contributed by atoms with Crippen LogP contribution in [0.5, 0.6) is 0 Å². The molecule has 142 valence electrons. The van der Waals surface area contributed by atoms with E-state index in [-0.39, 0.29) is 12.5 Å².